The molecule has 0 amide bonds. The van der Waals surface area contributed by atoms with Gasteiger partial charge in [-0.05, 0) is 56.7 Å². The van der Waals surface area contributed by atoms with Gasteiger partial charge < -0.3 is 9.29 Å². The normalized spacial score (nSPS) is 13.7. The Bertz CT molecular complexity index is 616. The Morgan fingerprint density at radius 3 is 2.12 bits per heavy atom. The molecule has 0 aromatic heterocycles. The van der Waals surface area contributed by atoms with E-state index in [0.717, 1.165) is 49.8 Å². The van der Waals surface area contributed by atoms with Crippen molar-refractivity contribution in [3.8, 4) is 5.75 Å². The van der Waals surface area contributed by atoms with Gasteiger partial charge in [-0.25, -0.2) is 8.42 Å². The summed E-state index contributed by atoms with van der Waals surface area (Å²) in [5.74, 6) is 0.730. The minimum atomic E-state index is -4.36. The van der Waals surface area contributed by atoms with Crippen molar-refractivity contribution < 1.29 is 47.3 Å². The van der Waals surface area contributed by atoms with Gasteiger partial charge in [0.1, 0.15) is 22.0 Å². The summed E-state index contributed by atoms with van der Waals surface area (Å²) in [6.07, 6.45) is 8.10. The van der Waals surface area contributed by atoms with E-state index < -0.39 is 21.5 Å². The summed E-state index contributed by atoms with van der Waals surface area (Å²) in [6.45, 7) is 7.41. The molecular weight excluding hydrogens is 359 g/mol. The van der Waals surface area contributed by atoms with E-state index in [0.29, 0.717) is 0 Å². The van der Waals surface area contributed by atoms with Crippen molar-refractivity contribution in [3.05, 3.63) is 29.3 Å². The fourth-order valence-electron chi connectivity index (χ4n) is 2.75. The number of unbranched alkanes of at least 4 members (excludes halogenated alkanes) is 4. The van der Waals surface area contributed by atoms with Crippen LogP contribution in [0.15, 0.2) is 18.2 Å². The van der Waals surface area contributed by atoms with Crippen molar-refractivity contribution in [1.82, 2.24) is 0 Å². The maximum atomic E-state index is 11.3. The zero-order valence-electron chi connectivity index (χ0n) is 17.1. The maximum Gasteiger partial charge on any atom is 1.00 e. The van der Waals surface area contributed by atoms with Crippen LogP contribution in [-0.4, -0.2) is 24.3 Å². The molecule has 0 spiro atoms. The molecule has 6 heteroatoms. The minimum Gasteiger partial charge on any atom is -0.748 e. The number of ether oxygens (including phenoxy) is 1. The molecule has 0 aliphatic heterocycles. The van der Waals surface area contributed by atoms with Gasteiger partial charge in [-0.3, -0.25) is 0 Å². The number of hydrogen-bond donors (Lipinski definition) is 0. The van der Waals surface area contributed by atoms with Gasteiger partial charge in [0, 0.05) is 0 Å². The third-order valence-electron chi connectivity index (χ3n) is 4.68. The van der Waals surface area contributed by atoms with Crippen molar-refractivity contribution in [1.29, 1.82) is 0 Å². The molecule has 0 fully saturated rings. The molecule has 4 nitrogen and oxygen atoms in total. The van der Waals surface area contributed by atoms with Crippen LogP contribution in [0.3, 0.4) is 0 Å². The van der Waals surface area contributed by atoms with E-state index in [1.807, 2.05) is 6.07 Å². The maximum absolute atomic E-state index is 11.3. The molecule has 26 heavy (non-hydrogen) atoms. The molecule has 0 heterocycles. The molecule has 0 aliphatic carbocycles. The Morgan fingerprint density at radius 2 is 1.58 bits per heavy atom. The fourth-order valence-corrected chi connectivity index (χ4v) is 3.27. The summed E-state index contributed by atoms with van der Waals surface area (Å²) in [4.78, 5) is 0. The van der Waals surface area contributed by atoms with E-state index >= 15 is 0 Å². The number of aryl methyl sites for hydroxylation is 2. The van der Waals surface area contributed by atoms with Crippen LogP contribution in [0.5, 0.6) is 5.75 Å². The quantitative estimate of drug-likeness (QED) is 0.309. The number of rotatable bonds is 12. The summed E-state index contributed by atoms with van der Waals surface area (Å²) in [6, 6.07) is 6.26. The van der Waals surface area contributed by atoms with Crippen LogP contribution in [0.2, 0.25) is 0 Å². The molecule has 0 bridgehead atoms. The van der Waals surface area contributed by atoms with E-state index in [1.165, 1.54) is 25.3 Å². The summed E-state index contributed by atoms with van der Waals surface area (Å²) in [7, 11) is -4.36. The van der Waals surface area contributed by atoms with Gasteiger partial charge in [-0.2, -0.15) is 0 Å². The van der Waals surface area contributed by atoms with Gasteiger partial charge >= 0.3 is 29.6 Å². The van der Waals surface area contributed by atoms with E-state index in [-0.39, 0.29) is 29.6 Å². The van der Waals surface area contributed by atoms with Crippen molar-refractivity contribution in [2.45, 2.75) is 90.4 Å². The number of hydrogen-bond acceptors (Lipinski definition) is 4. The van der Waals surface area contributed by atoms with Gasteiger partial charge in [0.2, 0.25) is 0 Å². The summed E-state index contributed by atoms with van der Waals surface area (Å²) >= 11 is 0. The van der Waals surface area contributed by atoms with E-state index in [4.69, 9.17) is 4.74 Å². The average molecular weight is 393 g/mol. The Morgan fingerprint density at radius 1 is 1.00 bits per heavy atom. The van der Waals surface area contributed by atoms with Crippen molar-refractivity contribution in [2.75, 3.05) is 0 Å². The van der Waals surface area contributed by atoms with Crippen LogP contribution >= 0.6 is 0 Å². The van der Waals surface area contributed by atoms with Gasteiger partial charge in [0.25, 0.3) is 0 Å². The molecule has 0 radical (unpaired) electrons. The van der Waals surface area contributed by atoms with Crippen LogP contribution in [0.25, 0.3) is 0 Å². The standard InChI is InChI=1S/C20H34O4S.Na/c1-5-7-9-11-18-13-14-19(12-10-8-6-2)20(15-18)24-16(3)17(4)25(21,22)23;/h13-17H,5-12H2,1-4H3,(H,21,22,23);/q;+1/p-1. The predicted molar refractivity (Wildman–Crippen MR) is 102 cm³/mol. The zero-order valence-corrected chi connectivity index (χ0v) is 19.9. The predicted octanol–water partition coefficient (Wildman–Crippen LogP) is 1.86. The van der Waals surface area contributed by atoms with Crippen molar-refractivity contribution >= 4 is 10.1 Å². The van der Waals surface area contributed by atoms with Crippen LogP contribution in [-0.2, 0) is 23.0 Å². The number of benzene rings is 1. The smallest absolute Gasteiger partial charge is 0.748 e. The SMILES string of the molecule is CCCCCc1ccc(CCCCC)c(OC(C)C(C)S(=O)(=O)[O-])c1.[Na+]. The van der Waals surface area contributed by atoms with Gasteiger partial charge in [-0.1, -0.05) is 51.7 Å². The zero-order chi connectivity index (χ0) is 18.9. The average Bonchev–Trinajstić information content (AvgIpc) is 2.55. The van der Waals surface area contributed by atoms with Crippen LogP contribution in [0.4, 0.5) is 0 Å². The molecule has 2 atom stereocenters. The first-order chi connectivity index (χ1) is 11.8. The minimum absolute atomic E-state index is 0. The van der Waals surface area contributed by atoms with Crippen LogP contribution < -0.4 is 34.3 Å². The Labute approximate surface area is 182 Å². The largest absolute Gasteiger partial charge is 1.00 e. The van der Waals surface area contributed by atoms with E-state index in [9.17, 15) is 13.0 Å². The molecule has 1 rings (SSSR count). The Balaban J connectivity index is 0.00000625. The molecule has 0 N–H and O–H groups in total. The van der Waals surface area contributed by atoms with Crippen LogP contribution in [0, 0.1) is 0 Å². The molecule has 0 saturated carbocycles. The molecule has 0 aliphatic rings. The van der Waals surface area contributed by atoms with Crippen molar-refractivity contribution in [2.24, 2.45) is 0 Å². The molecule has 1 aromatic carbocycles. The van der Waals surface area contributed by atoms with Gasteiger partial charge in [-0.15, -0.1) is 0 Å². The summed E-state index contributed by atoms with van der Waals surface area (Å²) in [5.41, 5.74) is 2.29. The first-order valence-corrected chi connectivity index (χ1v) is 11.0. The van der Waals surface area contributed by atoms with Crippen molar-refractivity contribution in [3.63, 3.8) is 0 Å². The Hall–Kier alpha value is -0.0700. The molecule has 144 valence electrons. The molecular formula is C20H33NaO4S. The second-order valence-corrected chi connectivity index (χ2v) is 8.61. The van der Waals surface area contributed by atoms with Gasteiger partial charge in [0.05, 0.1) is 5.25 Å². The molecule has 0 saturated heterocycles. The first kappa shape index (κ1) is 25.9. The summed E-state index contributed by atoms with van der Waals surface area (Å²) < 4.78 is 39.7. The first-order valence-electron chi connectivity index (χ1n) is 9.52. The third-order valence-corrected chi connectivity index (χ3v) is 5.97. The van der Waals surface area contributed by atoms with E-state index in [1.54, 1.807) is 6.92 Å². The topological polar surface area (TPSA) is 66.4 Å². The second kappa shape index (κ2) is 13.2. The van der Waals surface area contributed by atoms with Crippen LogP contribution in [0.1, 0.15) is 77.3 Å². The third kappa shape index (κ3) is 9.23. The monoisotopic (exact) mass is 392 g/mol. The summed E-state index contributed by atoms with van der Waals surface area (Å²) in [5, 5.41) is -1.07. The Kier molecular flexibility index (Phi) is 13.1. The second-order valence-electron chi connectivity index (χ2n) is 6.88. The molecule has 2 unspecified atom stereocenters. The fraction of sp³-hybridized carbons (Fsp3) is 0.700. The molecule has 1 aromatic rings. The van der Waals surface area contributed by atoms with E-state index in [2.05, 4.69) is 26.0 Å². The van der Waals surface area contributed by atoms with Gasteiger partial charge in [0.15, 0.2) is 0 Å².